The summed E-state index contributed by atoms with van der Waals surface area (Å²) in [5.74, 6) is 0.150. The van der Waals surface area contributed by atoms with Gasteiger partial charge in [-0.05, 0) is 36.5 Å². The fourth-order valence-corrected chi connectivity index (χ4v) is 2.72. The summed E-state index contributed by atoms with van der Waals surface area (Å²) in [7, 11) is 0. The molecular weight excluding hydrogens is 350 g/mol. The first kappa shape index (κ1) is 21.9. The smallest absolute Gasteiger partial charge is 0.341 e. The standard InChI is InChI=1S/C24H31NO3/c1-4-27-24(26)23(17-11-12-20(2)3)28-25(18-21-13-7-5-8-14-21)19-22-15-9-6-10-16-22/h5-11,13-17,20,23H,4,12,18-19H2,1-3H3/b17-11+/t23-/m0/s1. The van der Waals surface area contributed by atoms with Crippen molar-refractivity contribution < 1.29 is 14.4 Å². The van der Waals surface area contributed by atoms with Crippen molar-refractivity contribution in [1.29, 1.82) is 0 Å². The summed E-state index contributed by atoms with van der Waals surface area (Å²) in [6, 6.07) is 20.2. The van der Waals surface area contributed by atoms with Gasteiger partial charge in [-0.1, -0.05) is 80.6 Å². The van der Waals surface area contributed by atoms with Gasteiger partial charge in [-0.3, -0.25) is 4.84 Å². The molecule has 0 saturated carbocycles. The number of esters is 1. The predicted octanol–water partition coefficient (Wildman–Crippen LogP) is 5.15. The Morgan fingerprint density at radius 1 is 0.964 bits per heavy atom. The molecule has 0 aliphatic heterocycles. The molecule has 0 bridgehead atoms. The highest BCUT2D eigenvalue weighted by Crippen LogP contribution is 2.14. The Morgan fingerprint density at radius 2 is 1.50 bits per heavy atom. The molecule has 28 heavy (non-hydrogen) atoms. The lowest BCUT2D eigenvalue weighted by molar-refractivity contribution is -0.212. The fraction of sp³-hybridized carbons (Fsp3) is 0.375. The summed E-state index contributed by atoms with van der Waals surface area (Å²) in [5, 5.41) is 1.83. The van der Waals surface area contributed by atoms with Crippen molar-refractivity contribution in [2.75, 3.05) is 6.61 Å². The van der Waals surface area contributed by atoms with Crippen LogP contribution in [0.3, 0.4) is 0 Å². The van der Waals surface area contributed by atoms with Crippen molar-refractivity contribution >= 4 is 5.97 Å². The second kappa shape index (κ2) is 12.1. The van der Waals surface area contributed by atoms with E-state index < -0.39 is 6.10 Å². The van der Waals surface area contributed by atoms with E-state index in [1.54, 1.807) is 13.0 Å². The van der Waals surface area contributed by atoms with Crippen LogP contribution in [-0.4, -0.2) is 23.7 Å². The van der Waals surface area contributed by atoms with E-state index in [1.807, 2.05) is 47.5 Å². The van der Waals surface area contributed by atoms with Gasteiger partial charge < -0.3 is 4.74 Å². The normalized spacial score (nSPS) is 12.6. The summed E-state index contributed by atoms with van der Waals surface area (Å²) < 4.78 is 5.22. The number of ether oxygens (including phenoxy) is 1. The summed E-state index contributed by atoms with van der Waals surface area (Å²) in [4.78, 5) is 18.6. The molecule has 0 unspecified atom stereocenters. The van der Waals surface area contributed by atoms with E-state index in [9.17, 15) is 4.79 Å². The molecule has 2 aromatic carbocycles. The van der Waals surface area contributed by atoms with Gasteiger partial charge in [0.2, 0.25) is 0 Å². The van der Waals surface area contributed by atoms with Gasteiger partial charge in [0.05, 0.1) is 6.61 Å². The van der Waals surface area contributed by atoms with Crippen molar-refractivity contribution in [3.05, 3.63) is 83.9 Å². The van der Waals surface area contributed by atoms with Crippen LogP contribution in [-0.2, 0) is 27.5 Å². The third-order valence-electron chi connectivity index (χ3n) is 4.10. The van der Waals surface area contributed by atoms with Crippen LogP contribution in [0.5, 0.6) is 0 Å². The first-order valence-corrected chi connectivity index (χ1v) is 9.91. The number of hydroxylamine groups is 2. The molecule has 150 valence electrons. The number of rotatable bonds is 11. The van der Waals surface area contributed by atoms with Crippen LogP contribution in [0, 0.1) is 5.92 Å². The van der Waals surface area contributed by atoms with Gasteiger partial charge in [-0.15, -0.1) is 0 Å². The van der Waals surface area contributed by atoms with E-state index in [2.05, 4.69) is 38.1 Å². The first-order valence-electron chi connectivity index (χ1n) is 9.91. The molecule has 0 radical (unpaired) electrons. The maximum atomic E-state index is 12.4. The highest BCUT2D eigenvalue weighted by molar-refractivity contribution is 5.76. The zero-order valence-electron chi connectivity index (χ0n) is 17.1. The molecule has 2 aromatic rings. The zero-order chi connectivity index (χ0) is 20.2. The number of benzene rings is 2. The molecule has 0 aliphatic carbocycles. The van der Waals surface area contributed by atoms with E-state index in [-0.39, 0.29) is 5.97 Å². The van der Waals surface area contributed by atoms with Crippen molar-refractivity contribution in [2.45, 2.75) is 46.4 Å². The molecule has 4 nitrogen and oxygen atoms in total. The van der Waals surface area contributed by atoms with Crippen LogP contribution >= 0.6 is 0 Å². The topological polar surface area (TPSA) is 38.8 Å². The molecule has 0 amide bonds. The maximum absolute atomic E-state index is 12.4. The number of carbonyl (C=O) groups excluding carboxylic acids is 1. The van der Waals surface area contributed by atoms with Gasteiger partial charge in [0.15, 0.2) is 6.10 Å². The molecule has 0 aliphatic rings. The Morgan fingerprint density at radius 3 is 1.96 bits per heavy atom. The lowest BCUT2D eigenvalue weighted by Gasteiger charge is -2.25. The molecule has 0 spiro atoms. The summed E-state index contributed by atoms with van der Waals surface area (Å²) >= 11 is 0. The number of nitrogens with zero attached hydrogens (tertiary/aromatic N) is 1. The minimum Gasteiger partial charge on any atom is -0.464 e. The minimum absolute atomic E-state index is 0.327. The molecule has 0 aromatic heterocycles. The van der Waals surface area contributed by atoms with Crippen molar-refractivity contribution in [3.8, 4) is 0 Å². The minimum atomic E-state index is -0.758. The van der Waals surface area contributed by atoms with Crippen molar-refractivity contribution in [3.63, 3.8) is 0 Å². The lowest BCUT2D eigenvalue weighted by Crippen LogP contribution is -2.34. The van der Waals surface area contributed by atoms with Crippen LogP contribution in [0.15, 0.2) is 72.8 Å². The van der Waals surface area contributed by atoms with Gasteiger partial charge in [-0.25, -0.2) is 4.79 Å². The second-order valence-corrected chi connectivity index (χ2v) is 7.10. The number of hydrogen-bond donors (Lipinski definition) is 0. The molecule has 0 heterocycles. The van der Waals surface area contributed by atoms with Crippen molar-refractivity contribution in [2.24, 2.45) is 5.92 Å². The molecular formula is C24H31NO3. The molecule has 4 heteroatoms. The Labute approximate surface area is 168 Å². The third kappa shape index (κ3) is 8.07. The van der Waals surface area contributed by atoms with Crippen LogP contribution in [0.2, 0.25) is 0 Å². The van der Waals surface area contributed by atoms with E-state index >= 15 is 0 Å². The molecule has 0 fully saturated rings. The van der Waals surface area contributed by atoms with E-state index in [0.717, 1.165) is 17.5 Å². The molecule has 2 rings (SSSR count). The molecule has 0 saturated heterocycles. The summed E-state index contributed by atoms with van der Waals surface area (Å²) in [5.41, 5.74) is 2.24. The van der Waals surface area contributed by atoms with Gasteiger partial charge in [-0.2, -0.15) is 5.06 Å². The van der Waals surface area contributed by atoms with E-state index in [4.69, 9.17) is 9.57 Å². The lowest BCUT2D eigenvalue weighted by atomic mass is 10.1. The summed E-state index contributed by atoms with van der Waals surface area (Å²) in [6.45, 7) is 7.56. The van der Waals surface area contributed by atoms with Gasteiger partial charge in [0, 0.05) is 13.1 Å². The largest absolute Gasteiger partial charge is 0.464 e. The number of carbonyl (C=O) groups is 1. The second-order valence-electron chi connectivity index (χ2n) is 7.10. The van der Waals surface area contributed by atoms with Crippen LogP contribution in [0.4, 0.5) is 0 Å². The van der Waals surface area contributed by atoms with Gasteiger partial charge in [0.25, 0.3) is 0 Å². The van der Waals surface area contributed by atoms with Crippen LogP contribution in [0.25, 0.3) is 0 Å². The Balaban J connectivity index is 2.17. The first-order chi connectivity index (χ1) is 13.6. The van der Waals surface area contributed by atoms with Crippen LogP contribution in [0.1, 0.15) is 38.3 Å². The van der Waals surface area contributed by atoms with E-state index in [0.29, 0.717) is 25.6 Å². The maximum Gasteiger partial charge on any atom is 0.341 e. The Hall–Kier alpha value is -2.43. The number of allylic oxidation sites excluding steroid dienone is 1. The highest BCUT2D eigenvalue weighted by atomic mass is 16.7. The summed E-state index contributed by atoms with van der Waals surface area (Å²) in [6.07, 6.45) is 3.93. The fourth-order valence-electron chi connectivity index (χ4n) is 2.72. The average Bonchev–Trinajstić information content (AvgIpc) is 2.68. The predicted molar refractivity (Wildman–Crippen MR) is 112 cm³/mol. The average molecular weight is 382 g/mol. The van der Waals surface area contributed by atoms with Crippen LogP contribution < -0.4 is 0 Å². The SMILES string of the molecule is CCOC(=O)[C@H](/C=C/CC(C)C)ON(Cc1ccccc1)Cc1ccccc1. The highest BCUT2D eigenvalue weighted by Gasteiger charge is 2.22. The quantitative estimate of drug-likeness (QED) is 0.306. The third-order valence-corrected chi connectivity index (χ3v) is 4.10. The van der Waals surface area contributed by atoms with Gasteiger partial charge in [0.1, 0.15) is 0 Å². The van der Waals surface area contributed by atoms with Crippen molar-refractivity contribution in [1.82, 2.24) is 5.06 Å². The van der Waals surface area contributed by atoms with E-state index in [1.165, 1.54) is 0 Å². The molecule has 1 atom stereocenters. The monoisotopic (exact) mass is 381 g/mol. The zero-order valence-corrected chi connectivity index (χ0v) is 17.1. The molecule has 0 N–H and O–H groups in total. The Bertz CT molecular complexity index is 672. The Kier molecular flexibility index (Phi) is 9.46. The van der Waals surface area contributed by atoms with Gasteiger partial charge >= 0.3 is 5.97 Å². The number of hydrogen-bond acceptors (Lipinski definition) is 4.